The maximum Gasteiger partial charge on any atom is 0.138 e. The van der Waals surface area contributed by atoms with Gasteiger partial charge in [0.2, 0.25) is 0 Å². The molecule has 0 spiro atoms. The van der Waals surface area contributed by atoms with E-state index in [0.29, 0.717) is 23.7 Å². The van der Waals surface area contributed by atoms with Gasteiger partial charge in [-0.1, -0.05) is 23.7 Å². The Labute approximate surface area is 121 Å². The van der Waals surface area contributed by atoms with Crippen molar-refractivity contribution >= 4 is 11.6 Å². The number of ether oxygens (including phenoxy) is 1. The van der Waals surface area contributed by atoms with E-state index in [1.54, 1.807) is 12.1 Å². The molecule has 0 unspecified atom stereocenters. The fraction of sp³-hybridized carbons (Fsp3) is 0.200. The number of hydrogen-bond donors (Lipinski definition) is 1. The van der Waals surface area contributed by atoms with Gasteiger partial charge in [-0.15, -0.1) is 0 Å². The van der Waals surface area contributed by atoms with E-state index >= 15 is 0 Å². The average Bonchev–Trinajstić information content (AvgIpc) is 2.40. The molecule has 0 amide bonds. The molecule has 0 heterocycles. The van der Waals surface area contributed by atoms with Crippen molar-refractivity contribution in [2.24, 2.45) is 5.73 Å². The zero-order valence-electron chi connectivity index (χ0n) is 10.7. The van der Waals surface area contributed by atoms with Crippen molar-refractivity contribution < 1.29 is 13.5 Å². The Morgan fingerprint density at radius 3 is 2.40 bits per heavy atom. The molecular weight excluding hydrogens is 284 g/mol. The first-order valence-corrected chi connectivity index (χ1v) is 6.54. The standard InChI is InChI=1S/C15H14ClF2NO/c16-12-8-10(6-7-19)4-5-15(12)20-9-11-13(17)2-1-3-14(11)18/h1-5,8H,6-7,9,19H2. The van der Waals surface area contributed by atoms with Gasteiger partial charge in [0.15, 0.2) is 0 Å². The molecule has 0 radical (unpaired) electrons. The first-order valence-electron chi connectivity index (χ1n) is 6.16. The molecule has 5 heteroatoms. The van der Waals surface area contributed by atoms with Crippen molar-refractivity contribution in [3.63, 3.8) is 0 Å². The summed E-state index contributed by atoms with van der Waals surface area (Å²) < 4.78 is 32.3. The summed E-state index contributed by atoms with van der Waals surface area (Å²) in [6.07, 6.45) is 0.710. The lowest BCUT2D eigenvalue weighted by molar-refractivity contribution is 0.292. The van der Waals surface area contributed by atoms with Crippen molar-refractivity contribution in [3.05, 3.63) is 64.2 Å². The molecule has 20 heavy (non-hydrogen) atoms. The summed E-state index contributed by atoms with van der Waals surface area (Å²) in [5, 5.41) is 0.396. The van der Waals surface area contributed by atoms with Crippen LogP contribution in [0, 0.1) is 11.6 Å². The van der Waals surface area contributed by atoms with Gasteiger partial charge in [0.25, 0.3) is 0 Å². The highest BCUT2D eigenvalue weighted by molar-refractivity contribution is 6.32. The molecular formula is C15H14ClF2NO. The first-order chi connectivity index (χ1) is 9.61. The van der Waals surface area contributed by atoms with Crippen LogP contribution in [0.25, 0.3) is 0 Å². The molecule has 0 aliphatic carbocycles. The highest BCUT2D eigenvalue weighted by atomic mass is 35.5. The zero-order chi connectivity index (χ0) is 14.5. The molecule has 0 bridgehead atoms. The van der Waals surface area contributed by atoms with E-state index in [1.807, 2.05) is 6.07 Å². The molecule has 0 aliphatic heterocycles. The molecule has 2 aromatic carbocycles. The topological polar surface area (TPSA) is 35.2 Å². The summed E-state index contributed by atoms with van der Waals surface area (Å²) in [6, 6.07) is 8.92. The summed E-state index contributed by atoms with van der Waals surface area (Å²) in [5.74, 6) is -0.892. The lowest BCUT2D eigenvalue weighted by atomic mass is 10.1. The minimum atomic E-state index is -0.638. The van der Waals surface area contributed by atoms with Crippen molar-refractivity contribution in [2.45, 2.75) is 13.0 Å². The molecule has 0 saturated carbocycles. The van der Waals surface area contributed by atoms with Crippen LogP contribution in [-0.4, -0.2) is 6.54 Å². The SMILES string of the molecule is NCCc1ccc(OCc2c(F)cccc2F)c(Cl)c1. The fourth-order valence-corrected chi connectivity index (χ4v) is 2.06. The second kappa shape index (κ2) is 6.68. The summed E-state index contributed by atoms with van der Waals surface area (Å²) >= 11 is 6.06. The average molecular weight is 298 g/mol. The monoisotopic (exact) mass is 297 g/mol. The number of halogens is 3. The summed E-state index contributed by atoms with van der Waals surface area (Å²) in [4.78, 5) is 0. The highest BCUT2D eigenvalue weighted by Gasteiger charge is 2.10. The van der Waals surface area contributed by atoms with Crippen molar-refractivity contribution in [2.75, 3.05) is 6.54 Å². The third-order valence-corrected chi connectivity index (χ3v) is 3.16. The Morgan fingerprint density at radius 2 is 1.80 bits per heavy atom. The van der Waals surface area contributed by atoms with Gasteiger partial charge in [0.1, 0.15) is 24.0 Å². The molecule has 2 N–H and O–H groups in total. The van der Waals surface area contributed by atoms with Gasteiger partial charge in [0, 0.05) is 0 Å². The van der Waals surface area contributed by atoms with Gasteiger partial charge in [-0.3, -0.25) is 0 Å². The maximum atomic E-state index is 13.5. The van der Waals surface area contributed by atoms with E-state index < -0.39 is 11.6 Å². The molecule has 2 rings (SSSR count). The quantitative estimate of drug-likeness (QED) is 0.913. The van der Waals surface area contributed by atoms with Crippen LogP contribution >= 0.6 is 11.6 Å². The molecule has 0 fully saturated rings. The Kier molecular flexibility index (Phi) is 4.93. The minimum absolute atomic E-state index is 0.116. The zero-order valence-corrected chi connectivity index (χ0v) is 11.5. The Balaban J connectivity index is 2.11. The van der Waals surface area contributed by atoms with Crippen LogP contribution in [0.15, 0.2) is 36.4 Å². The first kappa shape index (κ1) is 14.8. The van der Waals surface area contributed by atoms with Crippen molar-refractivity contribution in [3.8, 4) is 5.75 Å². The van der Waals surface area contributed by atoms with E-state index in [2.05, 4.69) is 0 Å². The number of benzene rings is 2. The largest absolute Gasteiger partial charge is 0.487 e. The fourth-order valence-electron chi connectivity index (χ4n) is 1.80. The highest BCUT2D eigenvalue weighted by Crippen LogP contribution is 2.27. The molecule has 0 saturated heterocycles. The summed E-state index contributed by atoms with van der Waals surface area (Å²) in [6.45, 7) is 0.311. The van der Waals surface area contributed by atoms with Crippen LogP contribution in [0.4, 0.5) is 8.78 Å². The van der Waals surface area contributed by atoms with Crippen LogP contribution in [0.5, 0.6) is 5.75 Å². The maximum absolute atomic E-state index is 13.5. The lowest BCUT2D eigenvalue weighted by Gasteiger charge is -2.10. The molecule has 2 nitrogen and oxygen atoms in total. The third kappa shape index (κ3) is 3.46. The van der Waals surface area contributed by atoms with Gasteiger partial charge in [-0.2, -0.15) is 0 Å². The molecule has 0 aliphatic rings. The van der Waals surface area contributed by atoms with Crippen LogP contribution < -0.4 is 10.5 Å². The van der Waals surface area contributed by atoms with Crippen LogP contribution in [-0.2, 0) is 13.0 Å². The number of rotatable bonds is 5. The van der Waals surface area contributed by atoms with Gasteiger partial charge >= 0.3 is 0 Å². The molecule has 0 aromatic heterocycles. The van der Waals surface area contributed by atoms with E-state index in [0.717, 1.165) is 5.56 Å². The molecule has 106 valence electrons. The molecule has 2 aromatic rings. The van der Waals surface area contributed by atoms with Crippen LogP contribution in [0.1, 0.15) is 11.1 Å². The third-order valence-electron chi connectivity index (χ3n) is 2.86. The number of nitrogens with two attached hydrogens (primary N) is 1. The van der Waals surface area contributed by atoms with Crippen LogP contribution in [0.2, 0.25) is 5.02 Å². The van der Waals surface area contributed by atoms with Gasteiger partial charge < -0.3 is 10.5 Å². The second-order valence-corrected chi connectivity index (χ2v) is 4.70. The van der Waals surface area contributed by atoms with E-state index in [1.165, 1.54) is 18.2 Å². The Hall–Kier alpha value is -1.65. The predicted octanol–water partition coefficient (Wildman–Crippen LogP) is 3.70. The lowest BCUT2D eigenvalue weighted by Crippen LogP contribution is -2.04. The van der Waals surface area contributed by atoms with Crippen molar-refractivity contribution in [1.82, 2.24) is 0 Å². The normalized spacial score (nSPS) is 10.6. The van der Waals surface area contributed by atoms with Gasteiger partial charge in [0.05, 0.1) is 10.6 Å². The van der Waals surface area contributed by atoms with E-state index in [9.17, 15) is 8.78 Å². The van der Waals surface area contributed by atoms with Gasteiger partial charge in [-0.25, -0.2) is 8.78 Å². The smallest absolute Gasteiger partial charge is 0.138 e. The number of hydrogen-bond acceptors (Lipinski definition) is 2. The Morgan fingerprint density at radius 1 is 1.10 bits per heavy atom. The van der Waals surface area contributed by atoms with Gasteiger partial charge in [-0.05, 0) is 42.8 Å². The van der Waals surface area contributed by atoms with Crippen molar-refractivity contribution in [1.29, 1.82) is 0 Å². The summed E-state index contributed by atoms with van der Waals surface area (Å²) in [7, 11) is 0. The predicted molar refractivity (Wildman–Crippen MR) is 74.9 cm³/mol. The second-order valence-electron chi connectivity index (χ2n) is 4.29. The Bertz CT molecular complexity index is 584. The van der Waals surface area contributed by atoms with E-state index in [-0.39, 0.29) is 12.2 Å². The van der Waals surface area contributed by atoms with Crippen LogP contribution in [0.3, 0.4) is 0 Å². The molecule has 0 atom stereocenters. The summed E-state index contributed by atoms with van der Waals surface area (Å²) in [5.41, 5.74) is 6.33. The minimum Gasteiger partial charge on any atom is -0.487 e. The van der Waals surface area contributed by atoms with E-state index in [4.69, 9.17) is 22.1 Å².